The third-order valence-electron chi connectivity index (χ3n) is 3.48. The molecule has 5 nitrogen and oxygen atoms in total. The van der Waals surface area contributed by atoms with Crippen molar-refractivity contribution in [3.05, 3.63) is 57.8 Å². The molecule has 0 fully saturated rings. The Bertz CT molecular complexity index is 936. The van der Waals surface area contributed by atoms with Gasteiger partial charge in [0.15, 0.2) is 11.5 Å². The predicted octanol–water partition coefficient (Wildman–Crippen LogP) is 5.32. The number of anilines is 1. The molecule has 0 aromatic heterocycles. The van der Waals surface area contributed by atoms with Gasteiger partial charge in [0.1, 0.15) is 17.5 Å². The number of carbonyl (C=O) groups is 1. The first-order chi connectivity index (χ1) is 13.3. The van der Waals surface area contributed by atoms with Crippen LogP contribution in [0.25, 0.3) is 6.08 Å². The van der Waals surface area contributed by atoms with Gasteiger partial charge in [0, 0.05) is 0 Å². The minimum absolute atomic E-state index is 0.00511. The van der Waals surface area contributed by atoms with Crippen molar-refractivity contribution < 1.29 is 18.7 Å². The molecule has 2 aromatic rings. The normalized spacial score (nSPS) is 11.1. The zero-order chi connectivity index (χ0) is 20.7. The Morgan fingerprint density at radius 1 is 1.36 bits per heavy atom. The summed E-state index contributed by atoms with van der Waals surface area (Å²) in [6.07, 6.45) is 1.35. The first kappa shape index (κ1) is 21.5. The highest BCUT2D eigenvalue weighted by Crippen LogP contribution is 2.38. The van der Waals surface area contributed by atoms with Gasteiger partial charge in [-0.3, -0.25) is 4.79 Å². The van der Waals surface area contributed by atoms with Gasteiger partial charge >= 0.3 is 0 Å². The summed E-state index contributed by atoms with van der Waals surface area (Å²) in [6.45, 7) is 6.07. The molecule has 146 valence electrons. The number of para-hydroxylation sites is 1. The van der Waals surface area contributed by atoms with Gasteiger partial charge in [-0.1, -0.05) is 12.1 Å². The Hall–Kier alpha value is -2.85. The standard InChI is InChI=1S/C21H20BrFN2O3/c1-4-27-19-11-14(10-16(22)20(19)28-13(2)3)9-15(12-24)21(26)25-18-8-6-5-7-17(18)23/h5-11,13H,4H2,1-3H3,(H,25,26)/b15-9+. The average Bonchev–Trinajstić information content (AvgIpc) is 2.64. The van der Waals surface area contributed by atoms with Gasteiger partial charge in [-0.2, -0.15) is 5.26 Å². The van der Waals surface area contributed by atoms with Crippen LogP contribution in [0, 0.1) is 17.1 Å². The zero-order valence-electron chi connectivity index (χ0n) is 15.8. The molecule has 28 heavy (non-hydrogen) atoms. The van der Waals surface area contributed by atoms with Crippen LogP contribution in [0.5, 0.6) is 11.5 Å². The van der Waals surface area contributed by atoms with Gasteiger partial charge in [0.25, 0.3) is 5.91 Å². The highest BCUT2D eigenvalue weighted by molar-refractivity contribution is 9.10. The average molecular weight is 447 g/mol. The fraction of sp³-hybridized carbons (Fsp3) is 0.238. The monoisotopic (exact) mass is 446 g/mol. The third kappa shape index (κ3) is 5.57. The van der Waals surface area contributed by atoms with Crippen molar-refractivity contribution in [2.45, 2.75) is 26.9 Å². The predicted molar refractivity (Wildman–Crippen MR) is 110 cm³/mol. The summed E-state index contributed by atoms with van der Waals surface area (Å²) in [5, 5.41) is 11.8. The van der Waals surface area contributed by atoms with E-state index >= 15 is 0 Å². The summed E-state index contributed by atoms with van der Waals surface area (Å²) in [4.78, 5) is 12.4. The number of nitrogens with zero attached hydrogens (tertiary/aromatic N) is 1. The molecule has 0 aliphatic heterocycles. The smallest absolute Gasteiger partial charge is 0.266 e. The van der Waals surface area contributed by atoms with Crippen LogP contribution in [-0.4, -0.2) is 18.6 Å². The van der Waals surface area contributed by atoms with E-state index < -0.39 is 11.7 Å². The van der Waals surface area contributed by atoms with Crippen molar-refractivity contribution in [2.24, 2.45) is 0 Å². The largest absolute Gasteiger partial charge is 0.490 e. The van der Waals surface area contributed by atoms with E-state index in [2.05, 4.69) is 21.2 Å². The van der Waals surface area contributed by atoms with Crippen molar-refractivity contribution in [2.75, 3.05) is 11.9 Å². The van der Waals surface area contributed by atoms with Gasteiger partial charge in [0.2, 0.25) is 0 Å². The van der Waals surface area contributed by atoms with Crippen LogP contribution in [0.3, 0.4) is 0 Å². The van der Waals surface area contributed by atoms with Crippen LogP contribution < -0.4 is 14.8 Å². The number of carbonyl (C=O) groups excluding carboxylic acids is 1. The summed E-state index contributed by atoms with van der Waals surface area (Å²) in [5.41, 5.74) is 0.396. The van der Waals surface area contributed by atoms with Crippen molar-refractivity contribution >= 4 is 33.6 Å². The third-order valence-corrected chi connectivity index (χ3v) is 4.07. The highest BCUT2D eigenvalue weighted by atomic mass is 79.9. The molecule has 0 atom stereocenters. The van der Waals surface area contributed by atoms with Crippen molar-refractivity contribution in [3.63, 3.8) is 0 Å². The van der Waals surface area contributed by atoms with E-state index in [0.29, 0.717) is 28.1 Å². The molecule has 7 heteroatoms. The molecule has 0 heterocycles. The van der Waals surface area contributed by atoms with Crippen molar-refractivity contribution in [3.8, 4) is 17.6 Å². The lowest BCUT2D eigenvalue weighted by Crippen LogP contribution is -2.14. The number of ether oxygens (including phenoxy) is 2. The number of hydrogen-bond donors (Lipinski definition) is 1. The minimum atomic E-state index is -0.704. The quantitative estimate of drug-likeness (QED) is 0.461. The van der Waals surface area contributed by atoms with E-state index in [0.717, 1.165) is 0 Å². The summed E-state index contributed by atoms with van der Waals surface area (Å²) >= 11 is 3.44. The summed E-state index contributed by atoms with van der Waals surface area (Å²) in [5.74, 6) is -0.249. The second-order valence-electron chi connectivity index (χ2n) is 6.03. The number of hydrogen-bond acceptors (Lipinski definition) is 4. The van der Waals surface area contributed by atoms with Gasteiger partial charge in [-0.25, -0.2) is 4.39 Å². The topological polar surface area (TPSA) is 71.3 Å². The molecule has 0 aliphatic rings. The molecule has 1 N–H and O–H groups in total. The van der Waals surface area contributed by atoms with Crippen LogP contribution in [0.15, 0.2) is 46.4 Å². The lowest BCUT2D eigenvalue weighted by Gasteiger charge is -2.17. The van der Waals surface area contributed by atoms with Crippen LogP contribution in [0.2, 0.25) is 0 Å². The molecule has 0 saturated heterocycles. The van der Waals surface area contributed by atoms with E-state index in [1.165, 1.54) is 24.3 Å². The molecule has 1 amide bonds. The van der Waals surface area contributed by atoms with Gasteiger partial charge in [-0.15, -0.1) is 0 Å². The Kier molecular flexibility index (Phi) is 7.59. The number of nitrogens with one attached hydrogen (secondary N) is 1. The van der Waals surface area contributed by atoms with Crippen molar-refractivity contribution in [1.29, 1.82) is 5.26 Å². The molecular formula is C21H20BrFN2O3. The lowest BCUT2D eigenvalue weighted by atomic mass is 10.1. The second kappa shape index (κ2) is 9.90. The molecule has 0 aliphatic carbocycles. The van der Waals surface area contributed by atoms with E-state index in [-0.39, 0.29) is 17.4 Å². The number of benzene rings is 2. The fourth-order valence-electron chi connectivity index (χ4n) is 2.35. The number of halogens is 2. The first-order valence-electron chi connectivity index (χ1n) is 8.66. The molecule has 0 spiro atoms. The maximum Gasteiger partial charge on any atom is 0.266 e. The maximum atomic E-state index is 13.7. The van der Waals surface area contributed by atoms with Crippen LogP contribution >= 0.6 is 15.9 Å². The molecule has 0 radical (unpaired) electrons. The fourth-order valence-corrected chi connectivity index (χ4v) is 2.90. The number of rotatable bonds is 7. The highest BCUT2D eigenvalue weighted by Gasteiger charge is 2.16. The van der Waals surface area contributed by atoms with Gasteiger partial charge < -0.3 is 14.8 Å². The van der Waals surface area contributed by atoms with Crippen molar-refractivity contribution in [1.82, 2.24) is 0 Å². The van der Waals surface area contributed by atoms with E-state index in [1.54, 1.807) is 18.2 Å². The molecular weight excluding hydrogens is 427 g/mol. The van der Waals surface area contributed by atoms with Crippen LogP contribution in [0.1, 0.15) is 26.3 Å². The zero-order valence-corrected chi connectivity index (χ0v) is 17.3. The molecule has 0 unspecified atom stereocenters. The van der Waals surface area contributed by atoms with E-state index in [1.807, 2.05) is 26.8 Å². The second-order valence-corrected chi connectivity index (χ2v) is 6.89. The Morgan fingerprint density at radius 3 is 2.68 bits per heavy atom. The van der Waals surface area contributed by atoms with E-state index in [9.17, 15) is 14.4 Å². The Morgan fingerprint density at radius 2 is 2.07 bits per heavy atom. The Labute approximate surface area is 171 Å². The summed E-state index contributed by atoms with van der Waals surface area (Å²) in [7, 11) is 0. The molecule has 0 bridgehead atoms. The van der Waals surface area contributed by atoms with Crippen LogP contribution in [0.4, 0.5) is 10.1 Å². The SMILES string of the molecule is CCOc1cc(/C=C(\C#N)C(=O)Nc2ccccc2F)cc(Br)c1OC(C)C. The van der Waals surface area contributed by atoms with Crippen LogP contribution in [-0.2, 0) is 4.79 Å². The molecule has 2 rings (SSSR count). The molecule has 0 saturated carbocycles. The van der Waals surface area contributed by atoms with E-state index in [4.69, 9.17) is 9.47 Å². The summed E-state index contributed by atoms with van der Waals surface area (Å²) in [6, 6.07) is 11.0. The maximum absolute atomic E-state index is 13.7. The Balaban J connectivity index is 2.36. The summed E-state index contributed by atoms with van der Waals surface area (Å²) < 4.78 is 25.8. The first-order valence-corrected chi connectivity index (χ1v) is 9.45. The van der Waals surface area contributed by atoms with Gasteiger partial charge in [-0.05, 0) is 72.6 Å². The van der Waals surface area contributed by atoms with Gasteiger partial charge in [0.05, 0.1) is 22.9 Å². The lowest BCUT2D eigenvalue weighted by molar-refractivity contribution is -0.112. The molecule has 2 aromatic carbocycles. The number of amides is 1. The number of nitriles is 1. The minimum Gasteiger partial charge on any atom is -0.490 e.